The van der Waals surface area contributed by atoms with E-state index in [-0.39, 0.29) is 0 Å². The van der Waals surface area contributed by atoms with Crippen molar-refractivity contribution in [1.82, 2.24) is 4.90 Å². The first-order chi connectivity index (χ1) is 5.22. The van der Waals surface area contributed by atoms with Gasteiger partial charge >= 0.3 is 0 Å². The van der Waals surface area contributed by atoms with Crippen LogP contribution in [0.25, 0.3) is 0 Å². The molecule has 0 fully saturated rings. The second kappa shape index (κ2) is 6.16. The lowest BCUT2D eigenvalue weighted by Crippen LogP contribution is -2.25. The number of nitrogens with zero attached hydrogens (tertiary/aromatic N) is 2. The molecule has 3 nitrogen and oxygen atoms in total. The van der Waals surface area contributed by atoms with E-state index >= 15 is 0 Å². The van der Waals surface area contributed by atoms with Crippen molar-refractivity contribution >= 4 is 5.84 Å². The highest BCUT2D eigenvalue weighted by Crippen LogP contribution is 1.89. The SMILES string of the molecule is CCCN(C)C(C)=NCCN. The summed E-state index contributed by atoms with van der Waals surface area (Å²) in [5, 5.41) is 0. The van der Waals surface area contributed by atoms with E-state index in [1.165, 1.54) is 0 Å². The number of hydrogen-bond acceptors (Lipinski definition) is 2. The van der Waals surface area contributed by atoms with Gasteiger partial charge in [0.15, 0.2) is 0 Å². The molecule has 0 aliphatic carbocycles. The molecule has 0 amide bonds. The van der Waals surface area contributed by atoms with Crippen molar-refractivity contribution in [2.75, 3.05) is 26.7 Å². The maximum absolute atomic E-state index is 5.33. The summed E-state index contributed by atoms with van der Waals surface area (Å²) in [5.41, 5.74) is 5.33. The fourth-order valence-corrected chi connectivity index (χ4v) is 0.844. The molecule has 0 spiro atoms. The van der Waals surface area contributed by atoms with Gasteiger partial charge in [-0.1, -0.05) is 6.92 Å². The highest BCUT2D eigenvalue weighted by atomic mass is 15.2. The second-order valence-electron chi connectivity index (χ2n) is 2.64. The summed E-state index contributed by atoms with van der Waals surface area (Å²) in [6, 6.07) is 0. The molecule has 2 N–H and O–H groups in total. The van der Waals surface area contributed by atoms with E-state index in [9.17, 15) is 0 Å². The van der Waals surface area contributed by atoms with Crippen LogP contribution < -0.4 is 5.73 Å². The molecule has 0 aromatic rings. The Morgan fingerprint density at radius 1 is 1.55 bits per heavy atom. The average molecular weight is 157 g/mol. The second-order valence-corrected chi connectivity index (χ2v) is 2.64. The molecule has 0 radical (unpaired) electrons. The van der Waals surface area contributed by atoms with E-state index in [0.29, 0.717) is 6.54 Å². The predicted octanol–water partition coefficient (Wildman–Crippen LogP) is 0.705. The molecular formula is C8H19N3. The van der Waals surface area contributed by atoms with E-state index in [2.05, 4.69) is 23.9 Å². The van der Waals surface area contributed by atoms with Gasteiger partial charge in [-0.3, -0.25) is 4.99 Å². The van der Waals surface area contributed by atoms with Crippen LogP contribution in [0.4, 0.5) is 0 Å². The molecule has 0 aromatic carbocycles. The van der Waals surface area contributed by atoms with E-state index in [4.69, 9.17) is 5.73 Å². The molecule has 0 aliphatic heterocycles. The third-order valence-electron chi connectivity index (χ3n) is 1.58. The van der Waals surface area contributed by atoms with Crippen LogP contribution in [0.5, 0.6) is 0 Å². The van der Waals surface area contributed by atoms with Gasteiger partial charge in [0.25, 0.3) is 0 Å². The van der Waals surface area contributed by atoms with Gasteiger partial charge in [-0.25, -0.2) is 0 Å². The van der Waals surface area contributed by atoms with Crippen molar-refractivity contribution in [3.63, 3.8) is 0 Å². The lowest BCUT2D eigenvalue weighted by Gasteiger charge is -2.17. The summed E-state index contributed by atoms with van der Waals surface area (Å²) < 4.78 is 0. The van der Waals surface area contributed by atoms with Gasteiger partial charge in [0.1, 0.15) is 0 Å². The Kier molecular flexibility index (Phi) is 5.84. The van der Waals surface area contributed by atoms with Crippen LogP contribution in [0, 0.1) is 0 Å². The molecule has 0 rings (SSSR count). The molecule has 0 unspecified atom stereocenters. The summed E-state index contributed by atoms with van der Waals surface area (Å²) in [6.45, 7) is 6.62. The highest BCUT2D eigenvalue weighted by molar-refractivity contribution is 5.79. The molecule has 0 aromatic heterocycles. The number of nitrogens with two attached hydrogens (primary N) is 1. The Balaban J connectivity index is 3.69. The van der Waals surface area contributed by atoms with Gasteiger partial charge in [0.05, 0.1) is 12.4 Å². The van der Waals surface area contributed by atoms with Gasteiger partial charge in [-0.2, -0.15) is 0 Å². The largest absolute Gasteiger partial charge is 0.364 e. The topological polar surface area (TPSA) is 41.6 Å². The Labute approximate surface area is 69.3 Å². The van der Waals surface area contributed by atoms with Crippen molar-refractivity contribution < 1.29 is 0 Å². The summed E-state index contributed by atoms with van der Waals surface area (Å²) in [5.74, 6) is 1.08. The molecule has 11 heavy (non-hydrogen) atoms. The Morgan fingerprint density at radius 2 is 2.18 bits per heavy atom. The zero-order valence-electron chi connectivity index (χ0n) is 7.80. The molecule has 0 saturated heterocycles. The smallest absolute Gasteiger partial charge is 0.0955 e. The first-order valence-corrected chi connectivity index (χ1v) is 4.14. The van der Waals surface area contributed by atoms with Crippen LogP contribution in [0.2, 0.25) is 0 Å². The minimum Gasteiger partial charge on any atom is -0.364 e. The zero-order chi connectivity index (χ0) is 8.69. The zero-order valence-corrected chi connectivity index (χ0v) is 7.80. The first kappa shape index (κ1) is 10.4. The van der Waals surface area contributed by atoms with Crippen LogP contribution in [-0.4, -0.2) is 37.4 Å². The monoisotopic (exact) mass is 157 g/mol. The van der Waals surface area contributed by atoms with Crippen molar-refractivity contribution in [2.24, 2.45) is 10.7 Å². The van der Waals surface area contributed by atoms with E-state index in [0.717, 1.165) is 25.3 Å². The molecule has 0 aliphatic rings. The van der Waals surface area contributed by atoms with Gasteiger partial charge < -0.3 is 10.6 Å². The average Bonchev–Trinajstić information content (AvgIpc) is 2.00. The van der Waals surface area contributed by atoms with Gasteiger partial charge in [0, 0.05) is 20.1 Å². The van der Waals surface area contributed by atoms with Crippen molar-refractivity contribution in [3.8, 4) is 0 Å². The lowest BCUT2D eigenvalue weighted by atomic mass is 10.4. The number of hydrogen-bond donors (Lipinski definition) is 1. The maximum Gasteiger partial charge on any atom is 0.0955 e. The Bertz CT molecular complexity index is 121. The minimum atomic E-state index is 0.636. The fraction of sp³-hybridized carbons (Fsp3) is 0.875. The van der Waals surface area contributed by atoms with Gasteiger partial charge in [-0.05, 0) is 13.3 Å². The number of rotatable bonds is 4. The third-order valence-corrected chi connectivity index (χ3v) is 1.58. The third kappa shape index (κ3) is 4.79. The Morgan fingerprint density at radius 3 is 2.64 bits per heavy atom. The molecule has 0 bridgehead atoms. The summed E-state index contributed by atoms with van der Waals surface area (Å²) in [6.07, 6.45) is 1.16. The maximum atomic E-state index is 5.33. The Hall–Kier alpha value is -0.570. The van der Waals surface area contributed by atoms with E-state index < -0.39 is 0 Å². The van der Waals surface area contributed by atoms with Crippen molar-refractivity contribution in [1.29, 1.82) is 0 Å². The fourth-order valence-electron chi connectivity index (χ4n) is 0.844. The molecule has 0 heterocycles. The first-order valence-electron chi connectivity index (χ1n) is 4.14. The van der Waals surface area contributed by atoms with Crippen LogP contribution in [-0.2, 0) is 0 Å². The summed E-state index contributed by atoms with van der Waals surface area (Å²) in [4.78, 5) is 6.43. The van der Waals surface area contributed by atoms with E-state index in [1.54, 1.807) is 0 Å². The summed E-state index contributed by atoms with van der Waals surface area (Å²) in [7, 11) is 2.05. The minimum absolute atomic E-state index is 0.636. The van der Waals surface area contributed by atoms with Crippen LogP contribution in [0.1, 0.15) is 20.3 Å². The van der Waals surface area contributed by atoms with Crippen LogP contribution in [0.3, 0.4) is 0 Å². The van der Waals surface area contributed by atoms with Gasteiger partial charge in [0.2, 0.25) is 0 Å². The van der Waals surface area contributed by atoms with Crippen LogP contribution in [0.15, 0.2) is 4.99 Å². The quantitative estimate of drug-likeness (QED) is 0.482. The normalized spacial score (nSPS) is 11.8. The van der Waals surface area contributed by atoms with Crippen molar-refractivity contribution in [2.45, 2.75) is 20.3 Å². The number of aliphatic imine (C=N–C) groups is 1. The molecular weight excluding hydrogens is 138 g/mol. The standard InChI is InChI=1S/C8H19N3/c1-4-7-11(3)8(2)10-6-5-9/h4-7,9H2,1-3H3. The lowest BCUT2D eigenvalue weighted by molar-refractivity contribution is 0.496. The molecule has 0 saturated carbocycles. The molecule has 3 heteroatoms. The van der Waals surface area contributed by atoms with E-state index in [1.807, 2.05) is 6.92 Å². The predicted molar refractivity (Wildman–Crippen MR) is 50.0 cm³/mol. The van der Waals surface area contributed by atoms with Crippen LogP contribution >= 0.6 is 0 Å². The van der Waals surface area contributed by atoms with Gasteiger partial charge in [-0.15, -0.1) is 0 Å². The molecule has 0 atom stereocenters. The highest BCUT2D eigenvalue weighted by Gasteiger charge is 1.96. The summed E-state index contributed by atoms with van der Waals surface area (Å²) >= 11 is 0. The number of amidine groups is 1. The van der Waals surface area contributed by atoms with Crippen molar-refractivity contribution in [3.05, 3.63) is 0 Å². The molecule has 66 valence electrons.